The molecule has 31 heavy (non-hydrogen) atoms. The number of nitrogens with zero attached hydrogens (tertiary/aromatic N) is 1. The fraction of sp³-hybridized carbons (Fsp3) is 0.217. The number of hydrogen-bond acceptors (Lipinski definition) is 3. The van der Waals surface area contributed by atoms with E-state index in [1.54, 1.807) is 12.1 Å². The molecule has 0 saturated heterocycles. The van der Waals surface area contributed by atoms with Gasteiger partial charge in [-0.2, -0.15) is 13.2 Å². The molecule has 0 amide bonds. The van der Waals surface area contributed by atoms with E-state index in [-0.39, 0.29) is 29.0 Å². The first-order valence-electron chi connectivity index (χ1n) is 9.24. The van der Waals surface area contributed by atoms with E-state index in [1.165, 1.54) is 6.92 Å². The van der Waals surface area contributed by atoms with Crippen LogP contribution in [0, 0.1) is 12.4 Å². The van der Waals surface area contributed by atoms with Crippen LogP contribution in [-0.2, 0) is 22.1 Å². The summed E-state index contributed by atoms with van der Waals surface area (Å²) < 4.78 is 59.8. The Morgan fingerprint density at radius 3 is 2.45 bits per heavy atom. The summed E-state index contributed by atoms with van der Waals surface area (Å²) in [5, 5.41) is 2.99. The van der Waals surface area contributed by atoms with Crippen molar-refractivity contribution in [2.75, 3.05) is 7.11 Å². The second-order valence-electron chi connectivity index (χ2n) is 6.96. The van der Waals surface area contributed by atoms with Crippen LogP contribution in [0.2, 0.25) is 0 Å². The van der Waals surface area contributed by atoms with Gasteiger partial charge in [0, 0.05) is 17.8 Å². The normalized spacial score (nSPS) is 16.6. The van der Waals surface area contributed by atoms with E-state index in [1.807, 2.05) is 18.2 Å². The molecule has 0 saturated carbocycles. The summed E-state index contributed by atoms with van der Waals surface area (Å²) >= 11 is 0. The molecule has 1 aliphatic heterocycles. The van der Waals surface area contributed by atoms with Crippen LogP contribution in [0.1, 0.15) is 29.5 Å². The fourth-order valence-corrected chi connectivity index (χ4v) is 3.66. The van der Waals surface area contributed by atoms with Crippen molar-refractivity contribution < 1.29 is 27.1 Å². The van der Waals surface area contributed by atoms with Crippen LogP contribution in [0.3, 0.4) is 0 Å². The van der Waals surface area contributed by atoms with Gasteiger partial charge >= 0.3 is 12.1 Å². The minimum absolute atomic E-state index is 0.0769. The molecule has 0 aromatic heterocycles. The van der Waals surface area contributed by atoms with Crippen LogP contribution in [0.5, 0.6) is 0 Å². The van der Waals surface area contributed by atoms with E-state index in [4.69, 9.17) is 11.3 Å². The molecule has 1 N–H and O–H groups in total. The quantitative estimate of drug-likeness (QED) is 0.404. The Kier molecular flexibility index (Phi) is 6.16. The first-order valence-corrected chi connectivity index (χ1v) is 9.24. The number of allylic oxidation sites excluding steroid dienone is 3. The third kappa shape index (κ3) is 4.45. The zero-order chi connectivity index (χ0) is 22.8. The SMILES string of the molecule is [C-]#[N+]C1=C(Cc2ccccc2)NC(C)=C(C(=O)OC)C1c1ccc(F)cc1C(F)(F)F. The molecule has 160 valence electrons. The highest BCUT2D eigenvalue weighted by Gasteiger charge is 2.42. The van der Waals surface area contributed by atoms with Crippen molar-refractivity contribution in [1.29, 1.82) is 0 Å². The summed E-state index contributed by atoms with van der Waals surface area (Å²) in [7, 11) is 1.11. The zero-order valence-corrected chi connectivity index (χ0v) is 16.7. The van der Waals surface area contributed by atoms with Gasteiger partial charge in [-0.25, -0.2) is 14.0 Å². The van der Waals surface area contributed by atoms with Crippen LogP contribution in [0.4, 0.5) is 17.6 Å². The molecule has 0 spiro atoms. The second-order valence-corrected chi connectivity index (χ2v) is 6.96. The molecule has 0 bridgehead atoms. The van der Waals surface area contributed by atoms with Crippen LogP contribution < -0.4 is 5.32 Å². The van der Waals surface area contributed by atoms with Crippen molar-refractivity contribution in [2.45, 2.75) is 25.4 Å². The minimum atomic E-state index is -4.88. The predicted molar refractivity (Wildman–Crippen MR) is 106 cm³/mol. The number of nitrogens with one attached hydrogen (secondary N) is 1. The van der Waals surface area contributed by atoms with Gasteiger partial charge in [0.1, 0.15) is 5.82 Å². The molecule has 0 radical (unpaired) electrons. The monoisotopic (exact) mass is 430 g/mol. The molecule has 2 aromatic rings. The molecular formula is C23H18F4N2O2. The van der Waals surface area contributed by atoms with Crippen molar-refractivity contribution in [3.63, 3.8) is 0 Å². The van der Waals surface area contributed by atoms with Crippen LogP contribution in [0.15, 0.2) is 71.2 Å². The third-order valence-electron chi connectivity index (χ3n) is 4.99. The molecule has 1 unspecified atom stereocenters. The highest BCUT2D eigenvalue weighted by Crippen LogP contribution is 2.45. The zero-order valence-electron chi connectivity index (χ0n) is 16.7. The number of benzene rings is 2. The molecule has 0 fully saturated rings. The number of dihydropyridines is 1. The number of halogens is 4. The smallest absolute Gasteiger partial charge is 0.416 e. The van der Waals surface area contributed by atoms with Gasteiger partial charge in [-0.15, -0.1) is 0 Å². The molecular weight excluding hydrogens is 412 g/mol. The summed E-state index contributed by atoms with van der Waals surface area (Å²) in [5.41, 5.74) is -0.356. The van der Waals surface area contributed by atoms with E-state index < -0.39 is 29.4 Å². The highest BCUT2D eigenvalue weighted by atomic mass is 19.4. The van der Waals surface area contributed by atoms with Crippen LogP contribution >= 0.6 is 0 Å². The molecule has 1 aliphatic rings. The Bertz CT molecular complexity index is 1110. The maximum absolute atomic E-state index is 13.8. The average molecular weight is 430 g/mol. The van der Waals surface area contributed by atoms with E-state index in [9.17, 15) is 22.4 Å². The lowest BCUT2D eigenvalue weighted by Gasteiger charge is -2.31. The van der Waals surface area contributed by atoms with E-state index in [2.05, 4.69) is 10.2 Å². The number of alkyl halides is 3. The highest BCUT2D eigenvalue weighted by molar-refractivity contribution is 5.93. The Labute approximate surface area is 176 Å². The minimum Gasteiger partial charge on any atom is -0.466 e. The number of esters is 1. The Morgan fingerprint density at radius 2 is 1.87 bits per heavy atom. The molecule has 2 aromatic carbocycles. The first-order chi connectivity index (χ1) is 14.7. The van der Waals surface area contributed by atoms with Gasteiger partial charge in [-0.1, -0.05) is 36.4 Å². The van der Waals surface area contributed by atoms with Gasteiger partial charge in [0.2, 0.25) is 0 Å². The molecule has 0 aliphatic carbocycles. The molecule has 3 rings (SSSR count). The largest absolute Gasteiger partial charge is 0.466 e. The summed E-state index contributed by atoms with van der Waals surface area (Å²) in [5.74, 6) is -3.29. The number of carbonyl (C=O) groups is 1. The maximum Gasteiger partial charge on any atom is 0.416 e. The summed E-state index contributed by atoms with van der Waals surface area (Å²) in [6.07, 6.45) is -4.65. The van der Waals surface area contributed by atoms with Gasteiger partial charge in [0.05, 0.1) is 30.7 Å². The van der Waals surface area contributed by atoms with Crippen molar-refractivity contribution in [2.24, 2.45) is 0 Å². The van der Waals surface area contributed by atoms with Crippen LogP contribution in [0.25, 0.3) is 4.85 Å². The lowest BCUT2D eigenvalue weighted by Crippen LogP contribution is -2.30. The number of hydrogen-bond donors (Lipinski definition) is 1. The van der Waals surface area contributed by atoms with Gasteiger partial charge in [0.25, 0.3) is 0 Å². The van der Waals surface area contributed by atoms with Gasteiger partial charge in [-0.3, -0.25) is 0 Å². The topological polar surface area (TPSA) is 42.7 Å². The van der Waals surface area contributed by atoms with Crippen molar-refractivity contribution in [3.8, 4) is 0 Å². The Morgan fingerprint density at radius 1 is 1.19 bits per heavy atom. The van der Waals surface area contributed by atoms with E-state index in [0.29, 0.717) is 11.8 Å². The third-order valence-corrected chi connectivity index (χ3v) is 4.99. The maximum atomic E-state index is 13.8. The number of methoxy groups -OCH3 is 1. The Balaban J connectivity index is 2.27. The summed E-state index contributed by atoms with van der Waals surface area (Å²) in [6.45, 7) is 9.22. The average Bonchev–Trinajstić information content (AvgIpc) is 2.73. The lowest BCUT2D eigenvalue weighted by molar-refractivity contribution is -0.139. The van der Waals surface area contributed by atoms with Gasteiger partial charge in [-0.05, 0) is 30.2 Å². The standard InChI is InChI=1S/C23H18F4N2O2/c1-13-19(22(30)31-3)20(16-10-9-15(24)12-17(16)23(25,26)27)21(28-2)18(29-13)11-14-7-5-4-6-8-14/h4-10,12,20,29H,11H2,1,3H3. The number of rotatable bonds is 4. The van der Waals surface area contributed by atoms with E-state index in [0.717, 1.165) is 24.8 Å². The van der Waals surface area contributed by atoms with Gasteiger partial charge in [0.15, 0.2) is 5.70 Å². The predicted octanol–water partition coefficient (Wildman–Crippen LogP) is 5.35. The second kappa shape index (κ2) is 8.64. The summed E-state index contributed by atoms with van der Waals surface area (Å²) in [6, 6.07) is 11.3. The van der Waals surface area contributed by atoms with Crippen molar-refractivity contribution >= 4 is 5.97 Å². The summed E-state index contributed by atoms with van der Waals surface area (Å²) in [4.78, 5) is 16.0. The molecule has 8 heteroatoms. The first kappa shape index (κ1) is 22.1. The van der Waals surface area contributed by atoms with Gasteiger partial charge < -0.3 is 10.1 Å². The number of carbonyl (C=O) groups excluding carboxylic acids is 1. The fourth-order valence-electron chi connectivity index (χ4n) is 3.66. The van der Waals surface area contributed by atoms with Crippen molar-refractivity contribution in [3.05, 3.63) is 105 Å². The molecule has 1 atom stereocenters. The van der Waals surface area contributed by atoms with Crippen molar-refractivity contribution in [1.82, 2.24) is 5.32 Å². The van der Waals surface area contributed by atoms with E-state index >= 15 is 0 Å². The van der Waals surface area contributed by atoms with Crippen LogP contribution in [-0.4, -0.2) is 13.1 Å². The number of ether oxygens (including phenoxy) is 1. The molecule has 1 heterocycles. The molecule has 4 nitrogen and oxygen atoms in total. The Hall–Kier alpha value is -3.60. The lowest BCUT2D eigenvalue weighted by atomic mass is 9.81.